The standard InChI is InChI=1S/C16H16N2O4S/c1-3-12-17(14-6-4-13(2)5-7-14)23(21,22)16-10-8-15(9-11-16)18(19)20/h3-11H,1,12H2,2H3. The van der Waals surface area contributed by atoms with E-state index >= 15 is 0 Å². The number of anilines is 1. The lowest BCUT2D eigenvalue weighted by molar-refractivity contribution is -0.384. The van der Waals surface area contributed by atoms with Crippen molar-refractivity contribution in [2.24, 2.45) is 0 Å². The van der Waals surface area contributed by atoms with Crippen molar-refractivity contribution in [2.45, 2.75) is 11.8 Å². The zero-order chi connectivity index (χ0) is 17.0. The Labute approximate surface area is 134 Å². The van der Waals surface area contributed by atoms with Crippen molar-refractivity contribution in [1.82, 2.24) is 0 Å². The molecule has 2 rings (SSSR count). The van der Waals surface area contributed by atoms with Gasteiger partial charge < -0.3 is 0 Å². The molecule has 0 aliphatic heterocycles. The van der Waals surface area contributed by atoms with E-state index in [-0.39, 0.29) is 17.1 Å². The maximum absolute atomic E-state index is 12.8. The summed E-state index contributed by atoms with van der Waals surface area (Å²) in [6.07, 6.45) is 1.49. The molecule has 2 aromatic carbocycles. The van der Waals surface area contributed by atoms with E-state index in [0.717, 1.165) is 5.56 Å². The number of nitrogens with zero attached hydrogens (tertiary/aromatic N) is 2. The van der Waals surface area contributed by atoms with Crippen LogP contribution in [0.25, 0.3) is 0 Å². The second-order valence-corrected chi connectivity index (χ2v) is 6.77. The van der Waals surface area contributed by atoms with Crippen LogP contribution < -0.4 is 4.31 Å². The first-order chi connectivity index (χ1) is 10.9. The van der Waals surface area contributed by atoms with Gasteiger partial charge in [0.2, 0.25) is 0 Å². The minimum atomic E-state index is -3.83. The van der Waals surface area contributed by atoms with Crippen molar-refractivity contribution in [2.75, 3.05) is 10.8 Å². The molecule has 0 aliphatic carbocycles. The van der Waals surface area contributed by atoms with Gasteiger partial charge in [0.25, 0.3) is 15.7 Å². The average molecular weight is 332 g/mol. The van der Waals surface area contributed by atoms with Crippen LogP contribution in [0.15, 0.2) is 66.1 Å². The molecule has 0 radical (unpaired) electrons. The SMILES string of the molecule is C=CCN(c1ccc(C)cc1)S(=O)(=O)c1ccc([N+](=O)[O-])cc1. The number of non-ortho nitro benzene ring substituents is 1. The van der Waals surface area contributed by atoms with Crippen molar-refractivity contribution in [1.29, 1.82) is 0 Å². The van der Waals surface area contributed by atoms with Gasteiger partial charge in [-0.25, -0.2) is 8.42 Å². The Bertz CT molecular complexity index is 812. The lowest BCUT2D eigenvalue weighted by Crippen LogP contribution is -2.31. The molecule has 120 valence electrons. The molecule has 0 fully saturated rings. The van der Waals surface area contributed by atoms with Gasteiger partial charge >= 0.3 is 0 Å². The van der Waals surface area contributed by atoms with E-state index in [1.807, 2.05) is 19.1 Å². The molecule has 0 saturated carbocycles. The number of rotatable bonds is 6. The van der Waals surface area contributed by atoms with Gasteiger partial charge in [-0.2, -0.15) is 0 Å². The highest BCUT2D eigenvalue weighted by Crippen LogP contribution is 2.25. The summed E-state index contributed by atoms with van der Waals surface area (Å²) < 4.78 is 26.8. The molecular weight excluding hydrogens is 316 g/mol. The zero-order valence-electron chi connectivity index (χ0n) is 12.5. The highest BCUT2D eigenvalue weighted by Gasteiger charge is 2.24. The molecule has 6 nitrogen and oxygen atoms in total. The molecule has 0 unspecified atom stereocenters. The molecule has 0 amide bonds. The van der Waals surface area contributed by atoms with Gasteiger partial charge in [0.15, 0.2) is 0 Å². The highest BCUT2D eigenvalue weighted by atomic mass is 32.2. The van der Waals surface area contributed by atoms with E-state index < -0.39 is 14.9 Å². The van der Waals surface area contributed by atoms with Crippen LogP contribution in [0.2, 0.25) is 0 Å². The topological polar surface area (TPSA) is 80.5 Å². The molecule has 7 heteroatoms. The van der Waals surface area contributed by atoms with Crippen molar-refractivity contribution in [3.8, 4) is 0 Å². The number of sulfonamides is 1. The van der Waals surface area contributed by atoms with Gasteiger partial charge in [0.05, 0.1) is 22.1 Å². The van der Waals surface area contributed by atoms with Crippen molar-refractivity contribution < 1.29 is 13.3 Å². The van der Waals surface area contributed by atoms with Crippen LogP contribution in [0, 0.1) is 17.0 Å². The normalized spacial score (nSPS) is 11.0. The third kappa shape index (κ3) is 3.57. The first-order valence-corrected chi connectivity index (χ1v) is 8.25. The third-order valence-corrected chi connectivity index (χ3v) is 5.06. The summed E-state index contributed by atoms with van der Waals surface area (Å²) in [5.74, 6) is 0. The van der Waals surface area contributed by atoms with Crippen LogP contribution in [0.4, 0.5) is 11.4 Å². The molecule has 0 spiro atoms. The second kappa shape index (κ2) is 6.62. The van der Waals surface area contributed by atoms with Gasteiger partial charge in [-0.05, 0) is 31.2 Å². The van der Waals surface area contributed by atoms with E-state index in [0.29, 0.717) is 5.69 Å². The monoisotopic (exact) mass is 332 g/mol. The quantitative estimate of drug-likeness (QED) is 0.462. The molecule has 0 atom stereocenters. The molecule has 0 bridgehead atoms. The largest absolute Gasteiger partial charge is 0.269 e. The fourth-order valence-electron chi connectivity index (χ4n) is 2.04. The Balaban J connectivity index is 2.45. The number of benzene rings is 2. The Morgan fingerprint density at radius 3 is 2.17 bits per heavy atom. The van der Waals surface area contributed by atoms with Crippen LogP contribution in [-0.2, 0) is 10.0 Å². The fourth-order valence-corrected chi connectivity index (χ4v) is 3.47. The van der Waals surface area contributed by atoms with Crippen molar-refractivity contribution in [3.05, 3.63) is 76.9 Å². The summed E-state index contributed by atoms with van der Waals surface area (Å²) in [7, 11) is -3.83. The molecule has 0 N–H and O–H groups in total. The van der Waals surface area contributed by atoms with Crippen LogP contribution in [0.3, 0.4) is 0 Å². The van der Waals surface area contributed by atoms with Crippen LogP contribution in [0.1, 0.15) is 5.56 Å². The zero-order valence-corrected chi connectivity index (χ0v) is 13.4. The molecule has 0 heterocycles. The summed E-state index contributed by atoms with van der Waals surface area (Å²) in [6.45, 7) is 5.60. The maximum atomic E-state index is 12.8. The fraction of sp³-hybridized carbons (Fsp3) is 0.125. The van der Waals surface area contributed by atoms with Crippen LogP contribution in [-0.4, -0.2) is 19.9 Å². The first-order valence-electron chi connectivity index (χ1n) is 6.81. The number of aryl methyl sites for hydroxylation is 1. The van der Waals surface area contributed by atoms with Gasteiger partial charge in [-0.3, -0.25) is 14.4 Å². The smallest absolute Gasteiger partial charge is 0.263 e. The summed E-state index contributed by atoms with van der Waals surface area (Å²) >= 11 is 0. The Morgan fingerprint density at radius 1 is 1.13 bits per heavy atom. The molecule has 0 aliphatic rings. The first kappa shape index (κ1) is 16.7. The van der Waals surface area contributed by atoms with Gasteiger partial charge in [0, 0.05) is 12.1 Å². The summed E-state index contributed by atoms with van der Waals surface area (Å²) in [5.41, 5.74) is 1.36. The number of nitro groups is 1. The van der Waals surface area contributed by atoms with Gasteiger partial charge in [0.1, 0.15) is 0 Å². The second-order valence-electron chi connectivity index (χ2n) is 4.91. The van der Waals surface area contributed by atoms with E-state index in [1.165, 1.54) is 34.6 Å². The third-order valence-electron chi connectivity index (χ3n) is 3.25. The summed E-state index contributed by atoms with van der Waals surface area (Å²) in [5, 5.41) is 10.7. The van der Waals surface area contributed by atoms with E-state index in [4.69, 9.17) is 0 Å². The summed E-state index contributed by atoms with van der Waals surface area (Å²) in [6, 6.07) is 11.9. The van der Waals surface area contributed by atoms with Crippen molar-refractivity contribution >= 4 is 21.4 Å². The molecule has 0 aromatic heterocycles. The Kier molecular flexibility index (Phi) is 4.80. The van der Waals surface area contributed by atoms with Crippen LogP contribution >= 0.6 is 0 Å². The van der Waals surface area contributed by atoms with Crippen molar-refractivity contribution in [3.63, 3.8) is 0 Å². The average Bonchev–Trinajstić information content (AvgIpc) is 2.53. The minimum Gasteiger partial charge on any atom is -0.263 e. The maximum Gasteiger partial charge on any atom is 0.269 e. The summed E-state index contributed by atoms with van der Waals surface area (Å²) in [4.78, 5) is 10.1. The van der Waals surface area contributed by atoms with Gasteiger partial charge in [-0.15, -0.1) is 6.58 Å². The lowest BCUT2D eigenvalue weighted by Gasteiger charge is -2.23. The molecular formula is C16H16N2O4S. The molecule has 2 aromatic rings. The number of nitro benzene ring substituents is 1. The highest BCUT2D eigenvalue weighted by molar-refractivity contribution is 7.92. The minimum absolute atomic E-state index is 0.00877. The Morgan fingerprint density at radius 2 is 1.70 bits per heavy atom. The predicted molar refractivity (Wildman–Crippen MR) is 89.0 cm³/mol. The number of hydrogen-bond donors (Lipinski definition) is 0. The van der Waals surface area contributed by atoms with E-state index in [9.17, 15) is 18.5 Å². The molecule has 0 saturated heterocycles. The van der Waals surface area contributed by atoms with E-state index in [2.05, 4.69) is 6.58 Å². The molecule has 23 heavy (non-hydrogen) atoms. The van der Waals surface area contributed by atoms with Gasteiger partial charge in [-0.1, -0.05) is 23.8 Å². The Hall–Kier alpha value is -2.67. The van der Waals surface area contributed by atoms with Crippen LogP contribution in [0.5, 0.6) is 0 Å². The number of hydrogen-bond acceptors (Lipinski definition) is 4. The van der Waals surface area contributed by atoms with E-state index in [1.54, 1.807) is 12.1 Å². The lowest BCUT2D eigenvalue weighted by atomic mass is 10.2. The predicted octanol–water partition coefficient (Wildman–Crippen LogP) is 3.28.